The molecule has 0 bridgehead atoms. The Labute approximate surface area is 147 Å². The smallest absolute Gasteiger partial charge is 0.252 e. The number of carbonyl (C=O) groups is 1. The number of rotatable bonds is 5. The van der Waals surface area contributed by atoms with Gasteiger partial charge in [0.2, 0.25) is 0 Å². The summed E-state index contributed by atoms with van der Waals surface area (Å²) in [5.41, 5.74) is 5.43. The maximum absolute atomic E-state index is 12.8. The van der Waals surface area contributed by atoms with Gasteiger partial charge in [-0.15, -0.1) is 0 Å². The second kappa shape index (κ2) is 7.30. The first-order chi connectivity index (χ1) is 12.1. The van der Waals surface area contributed by atoms with Crippen LogP contribution >= 0.6 is 0 Å². The molecule has 0 unspecified atom stereocenters. The summed E-state index contributed by atoms with van der Waals surface area (Å²) in [5, 5.41) is 7.14. The number of nitrogens with one attached hydrogen (secondary N) is 2. The molecular weight excluding hydrogens is 312 g/mol. The third-order valence-corrected chi connectivity index (χ3v) is 4.26. The molecule has 1 aromatic carbocycles. The van der Waals surface area contributed by atoms with Crippen molar-refractivity contribution in [1.29, 1.82) is 0 Å². The van der Waals surface area contributed by atoms with Crippen molar-refractivity contribution in [3.05, 3.63) is 65.1 Å². The van der Waals surface area contributed by atoms with E-state index in [1.807, 2.05) is 51.1 Å². The zero-order valence-electron chi connectivity index (χ0n) is 14.8. The number of aromatic nitrogens is 2. The fourth-order valence-corrected chi connectivity index (χ4v) is 2.83. The molecule has 2 heterocycles. The zero-order chi connectivity index (χ0) is 17.8. The minimum absolute atomic E-state index is 0.0633. The van der Waals surface area contributed by atoms with Gasteiger partial charge >= 0.3 is 0 Å². The first-order valence-corrected chi connectivity index (χ1v) is 8.36. The minimum atomic E-state index is -0.0633. The number of benzene rings is 1. The molecule has 3 aromatic rings. The molecule has 2 N–H and O–H groups in total. The van der Waals surface area contributed by atoms with Crippen LogP contribution in [0.15, 0.2) is 42.7 Å². The predicted octanol–water partition coefficient (Wildman–Crippen LogP) is 3.40. The first-order valence-electron chi connectivity index (χ1n) is 8.36. The van der Waals surface area contributed by atoms with Gasteiger partial charge < -0.3 is 10.6 Å². The molecule has 0 spiro atoms. The number of pyridine rings is 2. The lowest BCUT2D eigenvalue weighted by molar-refractivity contribution is 0.0956. The highest BCUT2D eigenvalue weighted by atomic mass is 16.1. The highest BCUT2D eigenvalue weighted by Gasteiger charge is 2.16. The molecule has 25 heavy (non-hydrogen) atoms. The van der Waals surface area contributed by atoms with Crippen molar-refractivity contribution >= 4 is 22.5 Å². The Morgan fingerprint density at radius 2 is 1.96 bits per heavy atom. The van der Waals surface area contributed by atoms with Crippen LogP contribution in [0.5, 0.6) is 0 Å². The summed E-state index contributed by atoms with van der Waals surface area (Å²) in [5.74, 6) is -0.0633. The van der Waals surface area contributed by atoms with Crippen LogP contribution in [0.3, 0.4) is 0 Å². The van der Waals surface area contributed by atoms with E-state index in [1.165, 1.54) is 0 Å². The second-order valence-electron chi connectivity index (χ2n) is 6.14. The molecule has 0 aliphatic carbocycles. The summed E-state index contributed by atoms with van der Waals surface area (Å²) in [6, 6.07) is 9.83. The number of hydrogen-bond donors (Lipinski definition) is 2. The van der Waals surface area contributed by atoms with E-state index in [9.17, 15) is 4.79 Å². The third kappa shape index (κ3) is 3.76. The highest BCUT2D eigenvalue weighted by Crippen LogP contribution is 2.24. The van der Waals surface area contributed by atoms with E-state index in [-0.39, 0.29) is 5.91 Å². The van der Waals surface area contributed by atoms with Crippen LogP contribution in [0.25, 0.3) is 10.9 Å². The summed E-state index contributed by atoms with van der Waals surface area (Å²) < 4.78 is 0. The number of aryl methyl sites for hydroxylation is 2. The number of hydrogen-bond acceptors (Lipinski definition) is 4. The summed E-state index contributed by atoms with van der Waals surface area (Å²) in [6.45, 7) is 7.08. The Bertz CT molecular complexity index is 906. The van der Waals surface area contributed by atoms with E-state index in [2.05, 4.69) is 20.6 Å². The van der Waals surface area contributed by atoms with Gasteiger partial charge in [-0.25, -0.2) is 0 Å². The molecule has 2 aromatic heterocycles. The molecule has 0 aliphatic heterocycles. The monoisotopic (exact) mass is 334 g/mol. The maximum atomic E-state index is 12.8. The average molecular weight is 334 g/mol. The van der Waals surface area contributed by atoms with Crippen LogP contribution < -0.4 is 10.6 Å². The summed E-state index contributed by atoms with van der Waals surface area (Å²) in [4.78, 5) is 21.4. The quantitative estimate of drug-likeness (QED) is 0.702. The topological polar surface area (TPSA) is 66.9 Å². The summed E-state index contributed by atoms with van der Waals surface area (Å²) in [6.07, 6.45) is 3.49. The molecule has 0 aliphatic rings. The van der Waals surface area contributed by atoms with Gasteiger partial charge in [-0.2, -0.15) is 0 Å². The van der Waals surface area contributed by atoms with Gasteiger partial charge in [0.15, 0.2) is 0 Å². The van der Waals surface area contributed by atoms with Crippen LogP contribution in [-0.4, -0.2) is 29.0 Å². The van der Waals surface area contributed by atoms with Gasteiger partial charge in [-0.05, 0) is 50.6 Å². The molecule has 3 rings (SSSR count). The lowest BCUT2D eigenvalue weighted by Crippen LogP contribution is -2.29. The van der Waals surface area contributed by atoms with Gasteiger partial charge in [0.25, 0.3) is 5.91 Å². The van der Waals surface area contributed by atoms with Crippen molar-refractivity contribution in [1.82, 2.24) is 15.3 Å². The molecule has 0 saturated heterocycles. The Morgan fingerprint density at radius 3 is 2.72 bits per heavy atom. The van der Waals surface area contributed by atoms with E-state index >= 15 is 0 Å². The largest absolute Gasteiger partial charge is 0.382 e. The summed E-state index contributed by atoms with van der Waals surface area (Å²) in [7, 11) is 0. The van der Waals surface area contributed by atoms with Crippen molar-refractivity contribution in [2.45, 2.75) is 20.8 Å². The van der Waals surface area contributed by atoms with Crippen LogP contribution in [0, 0.1) is 20.8 Å². The number of carbonyl (C=O) groups excluding carboxylic acids is 1. The van der Waals surface area contributed by atoms with Crippen molar-refractivity contribution in [2.75, 3.05) is 18.4 Å². The number of amides is 1. The second-order valence-corrected chi connectivity index (χ2v) is 6.14. The lowest BCUT2D eigenvalue weighted by atomic mass is 9.99. The SMILES string of the molecule is Cc1ccc2nc(C)c(C)c(C(=O)NCCNc3cccnc3)c2c1. The normalized spacial score (nSPS) is 10.7. The van der Waals surface area contributed by atoms with Gasteiger partial charge in [-0.1, -0.05) is 11.6 Å². The molecule has 0 fully saturated rings. The molecular formula is C20H22N4O. The average Bonchev–Trinajstić information content (AvgIpc) is 2.61. The van der Waals surface area contributed by atoms with Crippen LogP contribution in [0.1, 0.15) is 27.2 Å². The lowest BCUT2D eigenvalue weighted by Gasteiger charge is -2.14. The van der Waals surface area contributed by atoms with Gasteiger partial charge in [0, 0.05) is 36.6 Å². The maximum Gasteiger partial charge on any atom is 0.252 e. The van der Waals surface area contributed by atoms with Crippen molar-refractivity contribution in [2.24, 2.45) is 0 Å². The van der Waals surface area contributed by atoms with Gasteiger partial charge in [0.05, 0.1) is 16.8 Å². The molecule has 1 amide bonds. The zero-order valence-corrected chi connectivity index (χ0v) is 14.8. The fourth-order valence-electron chi connectivity index (χ4n) is 2.83. The Hall–Kier alpha value is -2.95. The molecule has 0 radical (unpaired) electrons. The van der Waals surface area contributed by atoms with Gasteiger partial charge in [-0.3, -0.25) is 14.8 Å². The number of fused-ring (bicyclic) bond motifs is 1. The molecule has 128 valence electrons. The molecule has 0 atom stereocenters. The summed E-state index contributed by atoms with van der Waals surface area (Å²) >= 11 is 0. The number of nitrogens with zero attached hydrogens (tertiary/aromatic N) is 2. The Kier molecular flexibility index (Phi) is 4.93. The molecule has 5 heteroatoms. The Morgan fingerprint density at radius 1 is 1.12 bits per heavy atom. The van der Waals surface area contributed by atoms with E-state index < -0.39 is 0 Å². The van der Waals surface area contributed by atoms with Crippen molar-refractivity contribution in [3.63, 3.8) is 0 Å². The molecule has 5 nitrogen and oxygen atoms in total. The van der Waals surface area contributed by atoms with Crippen LogP contribution in [-0.2, 0) is 0 Å². The van der Waals surface area contributed by atoms with E-state index in [4.69, 9.17) is 0 Å². The standard InChI is InChI=1S/C20H22N4O/c1-13-6-7-18-17(11-13)19(14(2)15(3)24-18)20(25)23-10-9-22-16-5-4-8-21-12-16/h4-8,11-12,22H,9-10H2,1-3H3,(H,23,25). The van der Waals surface area contributed by atoms with Crippen LogP contribution in [0.4, 0.5) is 5.69 Å². The molecule has 0 saturated carbocycles. The fraction of sp³-hybridized carbons (Fsp3) is 0.250. The highest BCUT2D eigenvalue weighted by molar-refractivity contribution is 6.07. The Balaban J connectivity index is 1.75. The first kappa shape index (κ1) is 16.9. The van der Waals surface area contributed by atoms with E-state index in [0.717, 1.165) is 33.4 Å². The number of anilines is 1. The predicted molar refractivity (Wildman–Crippen MR) is 101 cm³/mol. The van der Waals surface area contributed by atoms with Gasteiger partial charge in [0.1, 0.15) is 0 Å². The van der Waals surface area contributed by atoms with Crippen LogP contribution in [0.2, 0.25) is 0 Å². The third-order valence-electron chi connectivity index (χ3n) is 4.26. The van der Waals surface area contributed by atoms with Crippen molar-refractivity contribution < 1.29 is 4.79 Å². The van der Waals surface area contributed by atoms with E-state index in [1.54, 1.807) is 12.4 Å². The van der Waals surface area contributed by atoms with Crippen molar-refractivity contribution in [3.8, 4) is 0 Å². The minimum Gasteiger partial charge on any atom is -0.382 e. The van der Waals surface area contributed by atoms with E-state index in [0.29, 0.717) is 18.7 Å².